The molecule has 89 heavy (non-hydrogen) atoms. The number of rotatable bonds is 32. The van der Waals surface area contributed by atoms with Crippen molar-refractivity contribution in [3.63, 3.8) is 0 Å². The van der Waals surface area contributed by atoms with E-state index in [1.54, 1.807) is 18.2 Å². The summed E-state index contributed by atoms with van der Waals surface area (Å²) in [6, 6.07) is 48.8. The van der Waals surface area contributed by atoms with E-state index in [4.69, 9.17) is 18.6 Å². The molecule has 15 heteroatoms. The van der Waals surface area contributed by atoms with Crippen molar-refractivity contribution < 1.29 is 32.6 Å². The number of carbonyl (C=O) groups is 1. The first-order valence-electron chi connectivity index (χ1n) is 34.2. The van der Waals surface area contributed by atoms with Crippen molar-refractivity contribution in [3.05, 3.63) is 151 Å². The number of hydrogen-bond acceptors (Lipinski definition) is 10. The summed E-state index contributed by atoms with van der Waals surface area (Å²) in [7, 11) is -5.43. The Morgan fingerprint density at radius 2 is 0.888 bits per heavy atom. The molecule has 4 aliphatic rings. The van der Waals surface area contributed by atoms with Crippen molar-refractivity contribution in [1.29, 1.82) is 0 Å². The zero-order valence-electron chi connectivity index (χ0n) is 55.1. The molecule has 4 aliphatic heterocycles. The summed E-state index contributed by atoms with van der Waals surface area (Å²) in [5.41, 5.74) is 0.748. The minimum absolute atomic E-state index is 0.00521. The van der Waals surface area contributed by atoms with Crippen molar-refractivity contribution in [3.8, 4) is 5.75 Å². The third kappa shape index (κ3) is 17.8. The average Bonchev–Trinajstić information content (AvgIpc) is 1.42. The summed E-state index contributed by atoms with van der Waals surface area (Å²) in [5.74, 6) is 1.88. The molecule has 0 radical (unpaired) electrons. The van der Waals surface area contributed by atoms with Crippen LogP contribution in [0.25, 0.3) is 0 Å². The van der Waals surface area contributed by atoms with Crippen LogP contribution in [0.3, 0.4) is 0 Å². The van der Waals surface area contributed by atoms with Crippen LogP contribution in [-0.4, -0.2) is 133 Å². The Balaban J connectivity index is 0.814. The lowest BCUT2D eigenvalue weighted by molar-refractivity contribution is -0.542. The van der Waals surface area contributed by atoms with Gasteiger partial charge in [0.1, 0.15) is 5.75 Å². The van der Waals surface area contributed by atoms with Gasteiger partial charge in [0.15, 0.2) is 0 Å². The van der Waals surface area contributed by atoms with Gasteiger partial charge in [-0.25, -0.2) is 0 Å². The fourth-order valence-electron chi connectivity index (χ4n) is 14.0. The van der Waals surface area contributed by atoms with Gasteiger partial charge >= 0.3 is 11.9 Å². The van der Waals surface area contributed by atoms with Crippen LogP contribution in [-0.2, 0) is 8.85 Å². The molecular weight excluding hydrogens is 1140 g/mol. The van der Waals surface area contributed by atoms with Crippen LogP contribution < -0.4 is 57.2 Å². The molecule has 13 nitrogen and oxygen atoms in total. The molecule has 0 fully saturated rings. The molecule has 4 heterocycles. The smallest absolute Gasteiger partial charge is 0.346 e. The van der Waals surface area contributed by atoms with Gasteiger partial charge < -0.3 is 24.0 Å². The van der Waals surface area contributed by atoms with Crippen LogP contribution in [0.15, 0.2) is 145 Å². The van der Waals surface area contributed by atoms with Gasteiger partial charge in [0.05, 0.1) is 83.3 Å². The summed E-state index contributed by atoms with van der Waals surface area (Å²) < 4.78 is 25.9. The summed E-state index contributed by atoms with van der Waals surface area (Å²) in [6.07, 6.45) is 21.6. The second kappa shape index (κ2) is 32.7. The number of ether oxygens (including phenoxy) is 1. The molecule has 0 unspecified atom stereocenters. The lowest BCUT2D eigenvalue weighted by Crippen LogP contribution is -2.68. The molecule has 9 rings (SSSR count). The first-order valence-corrected chi connectivity index (χ1v) is 38.1. The van der Waals surface area contributed by atoms with Gasteiger partial charge in [-0.1, -0.05) is 253 Å². The predicted octanol–water partition coefficient (Wildman–Crippen LogP) is 9.72. The Kier molecular flexibility index (Phi) is 24.6. The molecule has 0 spiro atoms. The maximum absolute atomic E-state index is 14.3. The van der Waals surface area contributed by atoms with Crippen molar-refractivity contribution in [2.24, 2.45) is 4.99 Å². The number of amides is 1. The largest absolute Gasteiger partial charge is 0.858 e. The van der Waals surface area contributed by atoms with Crippen molar-refractivity contribution in [2.45, 2.75) is 198 Å². The first kappa shape index (κ1) is 67.1. The highest BCUT2D eigenvalue weighted by atomic mass is 28.4. The number of guanidine groups is 2. The van der Waals surface area contributed by atoms with E-state index in [1.807, 2.05) is 0 Å². The zero-order valence-corrected chi connectivity index (χ0v) is 57.1. The quantitative estimate of drug-likeness (QED) is 0.00935. The summed E-state index contributed by atoms with van der Waals surface area (Å²) in [4.78, 5) is 19.0. The molecule has 0 saturated heterocycles. The van der Waals surface area contributed by atoms with E-state index in [-0.39, 0.29) is 46.0 Å². The minimum Gasteiger partial charge on any atom is -0.858 e. The van der Waals surface area contributed by atoms with E-state index < -0.39 is 16.6 Å². The SMILES string of the molecule is CCCCCCCCCCCCCCCCOc1cc(C(=O)NC[C@@H]2CC[N+]3=C(N2)N[C@H](CO[Si](c2ccccc2)(c2ccccc2)C(C)(C)C)CC3)cc(C([O-])=NC[C@@H]2CC[N+]3=C(N2)N[C@H](CO[Si](c2ccccc2)(c2ccccc2)C(C)(C)C)CC3)c1. The first-order chi connectivity index (χ1) is 43.2. The number of hydrogen-bond donors (Lipinski definition) is 5. The Morgan fingerprint density at radius 1 is 0.517 bits per heavy atom. The Morgan fingerprint density at radius 3 is 1.31 bits per heavy atom. The fraction of sp³-hybridized carbons (Fsp3) is 0.541. The fourth-order valence-corrected chi connectivity index (χ4v) is 23.2. The average molecular weight is 1240 g/mol. The monoisotopic (exact) mass is 1240 g/mol. The summed E-state index contributed by atoms with van der Waals surface area (Å²) >= 11 is 0. The van der Waals surface area contributed by atoms with E-state index in [0.29, 0.717) is 49.8 Å². The lowest BCUT2D eigenvalue weighted by Gasteiger charge is -2.44. The maximum Gasteiger partial charge on any atom is 0.346 e. The number of nitrogens with zero attached hydrogens (tertiary/aromatic N) is 3. The molecule has 5 aromatic rings. The van der Waals surface area contributed by atoms with Crippen LogP contribution in [0.5, 0.6) is 5.75 Å². The predicted molar refractivity (Wildman–Crippen MR) is 369 cm³/mol. The Bertz CT molecular complexity index is 3000. The van der Waals surface area contributed by atoms with Gasteiger partial charge in [-0.15, -0.1) is 0 Å². The summed E-state index contributed by atoms with van der Waals surface area (Å²) in [6.45, 7) is 22.2. The maximum atomic E-state index is 14.3. The van der Waals surface area contributed by atoms with E-state index in [9.17, 15) is 9.90 Å². The topological polar surface area (TPSA) is 146 Å². The van der Waals surface area contributed by atoms with E-state index >= 15 is 0 Å². The Hall–Kier alpha value is -6.27. The standard InChI is InChI=1S/C74H106N8O5Si2/c1-8-9-10-11-12-13-14-15-16-17-18-19-20-33-50-85-64-52-58(69(83)75-54-60-42-46-81-48-44-62(79-71(81)77-60)56-86-88(73(2,3)4,65-34-25-21-26-35-65)66-36-27-22-28-37-66)51-59(53-64)70(84)76-55-61-43-47-82-49-45-63(80-72(82)78-61)57-87-89(74(5,6)7,67-38-29-23-30-39-67)68-40-31-24-32-41-68/h21-32,34-41,51-53,60-63H,8-20,33,42-50,54-57H2,1-7H3,(H4,75,76,77,78,79,80,83,84)/p+1/t60-,61-,62-,63-/m0/s1. The van der Waals surface area contributed by atoms with Crippen LogP contribution >= 0.6 is 0 Å². The van der Waals surface area contributed by atoms with Crippen LogP contribution in [0.1, 0.15) is 180 Å². The molecular formula is C74H107N8O5Si2+. The van der Waals surface area contributed by atoms with Gasteiger partial charge in [-0.3, -0.25) is 40.2 Å². The normalized spacial score (nSPS) is 19.1. The van der Waals surface area contributed by atoms with Crippen LogP contribution in [0.4, 0.5) is 0 Å². The highest BCUT2D eigenvalue weighted by molar-refractivity contribution is 7.00. The lowest BCUT2D eigenvalue weighted by atomic mass is 10.0. The molecule has 1 amide bonds. The third-order valence-corrected chi connectivity index (χ3v) is 29.0. The molecule has 4 atom stereocenters. The molecule has 0 bridgehead atoms. The molecule has 5 aromatic carbocycles. The van der Waals surface area contributed by atoms with Crippen molar-refractivity contribution in [2.75, 3.05) is 59.1 Å². The van der Waals surface area contributed by atoms with Crippen LogP contribution in [0.2, 0.25) is 10.1 Å². The molecule has 0 saturated carbocycles. The number of aliphatic imine (C=N–C) groups is 1. The molecule has 0 aliphatic carbocycles. The Labute approximate surface area is 536 Å². The van der Waals surface area contributed by atoms with Crippen LogP contribution in [0, 0.1) is 0 Å². The minimum atomic E-state index is -2.72. The number of benzene rings is 5. The van der Waals surface area contributed by atoms with Gasteiger partial charge in [-0.2, -0.15) is 0 Å². The van der Waals surface area contributed by atoms with Crippen molar-refractivity contribution >= 4 is 61.1 Å². The van der Waals surface area contributed by atoms with E-state index in [2.05, 4.69) is 206 Å². The van der Waals surface area contributed by atoms with Crippen molar-refractivity contribution in [1.82, 2.24) is 26.6 Å². The van der Waals surface area contributed by atoms with Gasteiger partial charge in [-0.05, 0) is 66.9 Å². The van der Waals surface area contributed by atoms with Gasteiger partial charge in [0, 0.05) is 31.2 Å². The highest BCUT2D eigenvalue weighted by Crippen LogP contribution is 2.38. The number of carbonyl (C=O) groups excluding carboxylic acids is 1. The second-order valence-electron chi connectivity index (χ2n) is 27.7. The van der Waals surface area contributed by atoms with E-state index in [0.717, 1.165) is 76.6 Å². The van der Waals surface area contributed by atoms with E-state index in [1.165, 1.54) is 97.8 Å². The second-order valence-corrected chi connectivity index (χ2v) is 36.3. The molecule has 0 aromatic heterocycles. The summed E-state index contributed by atoms with van der Waals surface area (Å²) in [5, 5.41) is 37.5. The third-order valence-electron chi connectivity index (χ3n) is 19.0. The zero-order chi connectivity index (χ0) is 62.5. The molecule has 5 N–H and O–H groups in total. The van der Waals surface area contributed by atoms with Gasteiger partial charge in [0.25, 0.3) is 22.5 Å². The highest BCUT2D eigenvalue weighted by Gasteiger charge is 2.52. The number of nitrogens with one attached hydrogen (secondary N) is 5. The number of unbranched alkanes of at least 4 members (excludes halogenated alkanes) is 13. The molecule has 480 valence electrons. The van der Waals surface area contributed by atoms with Gasteiger partial charge in [0.2, 0.25) is 0 Å².